The van der Waals surface area contributed by atoms with Crippen molar-refractivity contribution in [2.45, 2.75) is 31.6 Å². The molecule has 0 saturated heterocycles. The maximum Gasteiger partial charge on any atom is 0.258 e. The zero-order valence-electron chi connectivity index (χ0n) is 14.7. The van der Waals surface area contributed by atoms with Gasteiger partial charge in [-0.3, -0.25) is 4.79 Å². The van der Waals surface area contributed by atoms with Crippen LogP contribution in [-0.4, -0.2) is 27.9 Å². The molecule has 0 radical (unpaired) electrons. The molecule has 0 bridgehead atoms. The Morgan fingerprint density at radius 3 is 2.60 bits per heavy atom. The second-order valence-corrected chi connectivity index (χ2v) is 8.17. The smallest absolute Gasteiger partial charge is 0.258 e. The van der Waals surface area contributed by atoms with Gasteiger partial charge in [-0.2, -0.15) is 0 Å². The first-order valence-corrected chi connectivity index (χ1v) is 9.78. The summed E-state index contributed by atoms with van der Waals surface area (Å²) in [5.41, 5.74) is 3.90. The van der Waals surface area contributed by atoms with Crippen LogP contribution in [0.2, 0.25) is 0 Å². The van der Waals surface area contributed by atoms with Crippen molar-refractivity contribution < 1.29 is 13.2 Å². The minimum absolute atomic E-state index is 0.156. The van der Waals surface area contributed by atoms with Crippen molar-refractivity contribution in [1.82, 2.24) is 4.72 Å². The van der Waals surface area contributed by atoms with Crippen molar-refractivity contribution in [3.8, 4) is 0 Å². The Hall–Kier alpha value is -2.18. The van der Waals surface area contributed by atoms with Gasteiger partial charge in [-0.1, -0.05) is 18.2 Å². The highest BCUT2D eigenvalue weighted by molar-refractivity contribution is 7.89. The predicted molar refractivity (Wildman–Crippen MR) is 98.6 cm³/mol. The molecule has 0 fully saturated rings. The number of anilines is 1. The van der Waals surface area contributed by atoms with Crippen LogP contribution >= 0.6 is 0 Å². The van der Waals surface area contributed by atoms with Gasteiger partial charge in [0.05, 0.1) is 4.90 Å². The molecule has 0 atom stereocenters. The number of carbonyl (C=O) groups excluding carboxylic acids is 1. The van der Waals surface area contributed by atoms with Crippen LogP contribution in [0.5, 0.6) is 0 Å². The number of fused-ring (bicyclic) bond motifs is 1. The molecule has 0 aromatic heterocycles. The van der Waals surface area contributed by atoms with Crippen molar-refractivity contribution in [3.63, 3.8) is 0 Å². The van der Waals surface area contributed by atoms with E-state index in [0.717, 1.165) is 29.7 Å². The Balaban J connectivity index is 2.08. The maximum atomic E-state index is 13.1. The molecule has 1 N–H and O–H groups in total. The molecule has 2 aromatic rings. The van der Waals surface area contributed by atoms with E-state index in [-0.39, 0.29) is 10.8 Å². The van der Waals surface area contributed by atoms with E-state index in [1.807, 2.05) is 31.2 Å². The standard InChI is InChI=1S/C19H22N2O3S/c1-13-11-16(12-18(14(13)2)25(23,24)20-3)19(22)21-10-6-8-15-7-4-5-9-17(15)21/h4-5,7,9,11-12,20H,6,8,10H2,1-3H3. The maximum absolute atomic E-state index is 13.1. The van der Waals surface area contributed by atoms with E-state index in [1.165, 1.54) is 13.1 Å². The highest BCUT2D eigenvalue weighted by atomic mass is 32.2. The molecule has 0 unspecified atom stereocenters. The van der Waals surface area contributed by atoms with E-state index in [0.29, 0.717) is 17.7 Å². The number of carbonyl (C=O) groups is 1. The van der Waals surface area contributed by atoms with Crippen LogP contribution in [0.4, 0.5) is 5.69 Å². The monoisotopic (exact) mass is 358 g/mol. The summed E-state index contributed by atoms with van der Waals surface area (Å²) in [6, 6.07) is 11.1. The number of aryl methyl sites for hydroxylation is 2. The molecule has 0 saturated carbocycles. The summed E-state index contributed by atoms with van der Waals surface area (Å²) in [7, 11) is -2.24. The van der Waals surface area contributed by atoms with Gasteiger partial charge < -0.3 is 4.90 Å². The molecule has 25 heavy (non-hydrogen) atoms. The third kappa shape index (κ3) is 3.19. The van der Waals surface area contributed by atoms with E-state index >= 15 is 0 Å². The van der Waals surface area contributed by atoms with Gasteiger partial charge in [-0.15, -0.1) is 0 Å². The minimum Gasteiger partial charge on any atom is -0.308 e. The second kappa shape index (κ2) is 6.61. The fourth-order valence-corrected chi connectivity index (χ4v) is 4.31. The number of nitrogens with one attached hydrogen (secondary N) is 1. The minimum atomic E-state index is -3.62. The van der Waals surface area contributed by atoms with Gasteiger partial charge in [0.15, 0.2) is 0 Å². The average Bonchev–Trinajstić information content (AvgIpc) is 2.62. The summed E-state index contributed by atoms with van der Waals surface area (Å²) in [4.78, 5) is 15.0. The van der Waals surface area contributed by atoms with Crippen molar-refractivity contribution in [2.75, 3.05) is 18.5 Å². The van der Waals surface area contributed by atoms with Gasteiger partial charge in [0.1, 0.15) is 0 Å². The summed E-state index contributed by atoms with van der Waals surface area (Å²) in [6.45, 7) is 4.21. The van der Waals surface area contributed by atoms with Crippen LogP contribution in [0.15, 0.2) is 41.3 Å². The Morgan fingerprint density at radius 2 is 1.88 bits per heavy atom. The Bertz CT molecular complexity index is 936. The Labute approximate surface area is 148 Å². The first kappa shape index (κ1) is 17.6. The van der Waals surface area contributed by atoms with Gasteiger partial charge in [0.2, 0.25) is 10.0 Å². The number of amides is 1. The summed E-state index contributed by atoms with van der Waals surface area (Å²) >= 11 is 0. The molecular formula is C19H22N2O3S. The lowest BCUT2D eigenvalue weighted by molar-refractivity contribution is 0.0985. The SMILES string of the molecule is CNS(=O)(=O)c1cc(C(=O)N2CCCc3ccccc32)cc(C)c1C. The molecular weight excluding hydrogens is 336 g/mol. The Kier molecular flexibility index (Phi) is 4.67. The fraction of sp³-hybridized carbons (Fsp3) is 0.316. The normalized spacial score (nSPS) is 14.3. The van der Waals surface area contributed by atoms with Gasteiger partial charge in [0, 0.05) is 17.8 Å². The lowest BCUT2D eigenvalue weighted by Crippen LogP contribution is -2.35. The van der Waals surface area contributed by atoms with Crippen molar-refractivity contribution in [2.24, 2.45) is 0 Å². The molecule has 0 spiro atoms. The molecule has 6 heteroatoms. The summed E-state index contributed by atoms with van der Waals surface area (Å²) in [5, 5.41) is 0. The lowest BCUT2D eigenvalue weighted by atomic mass is 10.00. The van der Waals surface area contributed by atoms with Gasteiger partial charge in [-0.25, -0.2) is 13.1 Å². The number of rotatable bonds is 3. The van der Waals surface area contributed by atoms with Crippen molar-refractivity contribution in [3.05, 3.63) is 58.7 Å². The third-order valence-electron chi connectivity index (χ3n) is 4.78. The topological polar surface area (TPSA) is 66.5 Å². The number of hydrogen-bond donors (Lipinski definition) is 1. The van der Waals surface area contributed by atoms with E-state index in [2.05, 4.69) is 4.72 Å². The highest BCUT2D eigenvalue weighted by Gasteiger charge is 2.26. The summed E-state index contributed by atoms with van der Waals surface area (Å²) < 4.78 is 26.9. The number of benzene rings is 2. The zero-order chi connectivity index (χ0) is 18.2. The van der Waals surface area contributed by atoms with Crippen molar-refractivity contribution in [1.29, 1.82) is 0 Å². The van der Waals surface area contributed by atoms with E-state index in [1.54, 1.807) is 17.9 Å². The van der Waals surface area contributed by atoms with Gasteiger partial charge >= 0.3 is 0 Å². The number of para-hydroxylation sites is 1. The van der Waals surface area contributed by atoms with Crippen LogP contribution in [0.25, 0.3) is 0 Å². The van der Waals surface area contributed by atoms with Crippen LogP contribution in [-0.2, 0) is 16.4 Å². The summed E-state index contributed by atoms with van der Waals surface area (Å²) in [6.07, 6.45) is 1.85. The molecule has 2 aromatic carbocycles. The van der Waals surface area contributed by atoms with Crippen LogP contribution in [0, 0.1) is 13.8 Å². The van der Waals surface area contributed by atoms with Crippen molar-refractivity contribution >= 4 is 21.6 Å². The highest BCUT2D eigenvalue weighted by Crippen LogP contribution is 2.29. The van der Waals surface area contributed by atoms with Crippen LogP contribution < -0.4 is 9.62 Å². The molecule has 0 aliphatic carbocycles. The summed E-state index contributed by atoms with van der Waals surface area (Å²) in [5.74, 6) is -0.164. The zero-order valence-corrected chi connectivity index (χ0v) is 15.5. The van der Waals surface area contributed by atoms with Crippen LogP contribution in [0.3, 0.4) is 0 Å². The molecule has 1 amide bonds. The molecule has 5 nitrogen and oxygen atoms in total. The van der Waals surface area contributed by atoms with Gasteiger partial charge in [-0.05, 0) is 68.6 Å². The number of nitrogens with zero attached hydrogens (tertiary/aromatic N) is 1. The fourth-order valence-electron chi connectivity index (χ4n) is 3.24. The first-order valence-electron chi connectivity index (χ1n) is 8.29. The molecule has 3 rings (SSSR count). The Morgan fingerprint density at radius 1 is 1.16 bits per heavy atom. The first-order chi connectivity index (χ1) is 11.8. The van der Waals surface area contributed by atoms with E-state index in [9.17, 15) is 13.2 Å². The van der Waals surface area contributed by atoms with E-state index in [4.69, 9.17) is 0 Å². The second-order valence-electron chi connectivity index (χ2n) is 6.31. The number of hydrogen-bond acceptors (Lipinski definition) is 3. The van der Waals surface area contributed by atoms with Gasteiger partial charge in [0.25, 0.3) is 5.91 Å². The molecule has 1 aliphatic rings. The largest absolute Gasteiger partial charge is 0.308 e. The third-order valence-corrected chi connectivity index (χ3v) is 6.32. The molecule has 132 valence electrons. The van der Waals surface area contributed by atoms with E-state index < -0.39 is 10.0 Å². The molecule has 1 aliphatic heterocycles. The van der Waals surface area contributed by atoms with Crippen LogP contribution in [0.1, 0.15) is 33.5 Å². The molecule has 1 heterocycles. The quantitative estimate of drug-likeness (QED) is 0.917. The number of sulfonamides is 1. The predicted octanol–water partition coefficient (Wildman–Crippen LogP) is 2.80. The lowest BCUT2D eigenvalue weighted by Gasteiger charge is -2.29. The average molecular weight is 358 g/mol.